The Morgan fingerprint density at radius 1 is 1.56 bits per heavy atom. The molecule has 1 amide bonds. The van der Waals surface area contributed by atoms with Gasteiger partial charge in [-0.1, -0.05) is 0 Å². The van der Waals surface area contributed by atoms with E-state index in [0.717, 1.165) is 0 Å². The van der Waals surface area contributed by atoms with Gasteiger partial charge in [-0.15, -0.1) is 0 Å². The van der Waals surface area contributed by atoms with Gasteiger partial charge in [0, 0.05) is 18.9 Å². The summed E-state index contributed by atoms with van der Waals surface area (Å²) in [6, 6.07) is 0. The Kier molecular flexibility index (Phi) is 3.51. The summed E-state index contributed by atoms with van der Waals surface area (Å²) < 4.78 is 4.99. The van der Waals surface area contributed by atoms with Gasteiger partial charge >= 0.3 is 5.97 Å². The maximum atomic E-state index is 11.1. The summed E-state index contributed by atoms with van der Waals surface area (Å²) in [6.07, 6.45) is 0.787. The molecule has 1 aromatic rings. The third kappa shape index (κ3) is 2.31. The van der Waals surface area contributed by atoms with E-state index in [1.165, 1.54) is 13.3 Å². The first kappa shape index (κ1) is 12.1. The molecule has 0 spiro atoms. The monoisotopic (exact) mass is 225 g/mol. The minimum atomic E-state index is -1.32. The molecule has 86 valence electrons. The highest BCUT2D eigenvalue weighted by molar-refractivity contribution is 5.93. The lowest BCUT2D eigenvalue weighted by molar-refractivity contribution is 0.0682. The van der Waals surface area contributed by atoms with Crippen molar-refractivity contribution in [3.63, 3.8) is 0 Å². The quantitative estimate of drug-likeness (QED) is 0.744. The van der Waals surface area contributed by atoms with E-state index in [4.69, 9.17) is 15.6 Å². The van der Waals surface area contributed by atoms with Crippen LogP contribution in [0.2, 0.25) is 0 Å². The third-order valence-corrected chi connectivity index (χ3v) is 2.03. The number of hydrogen-bond acceptors (Lipinski definition) is 5. The molecule has 1 unspecified atom stereocenters. The SMILES string of the molecule is COC(C)c1cnc(C(=O)O)nc1C(N)=O. The van der Waals surface area contributed by atoms with Crippen molar-refractivity contribution in [2.45, 2.75) is 13.0 Å². The number of rotatable bonds is 4. The minimum absolute atomic E-state index is 0.137. The van der Waals surface area contributed by atoms with Crippen LogP contribution in [0, 0.1) is 0 Å². The van der Waals surface area contributed by atoms with Crippen LogP contribution in [0.3, 0.4) is 0 Å². The van der Waals surface area contributed by atoms with Gasteiger partial charge in [-0.05, 0) is 6.92 Å². The Balaban J connectivity index is 3.30. The molecule has 0 radical (unpaired) electrons. The first-order valence-corrected chi connectivity index (χ1v) is 4.40. The van der Waals surface area contributed by atoms with Gasteiger partial charge in [0.25, 0.3) is 5.91 Å². The Morgan fingerprint density at radius 2 is 2.19 bits per heavy atom. The molecule has 0 aromatic carbocycles. The molecule has 0 aliphatic carbocycles. The third-order valence-electron chi connectivity index (χ3n) is 2.03. The Bertz CT molecular complexity index is 433. The van der Waals surface area contributed by atoms with E-state index in [0.29, 0.717) is 5.56 Å². The van der Waals surface area contributed by atoms with Gasteiger partial charge < -0.3 is 15.6 Å². The number of carbonyl (C=O) groups excluding carboxylic acids is 1. The predicted octanol–water partition coefficient (Wildman–Crippen LogP) is -0.0189. The van der Waals surface area contributed by atoms with Gasteiger partial charge in [-0.2, -0.15) is 0 Å². The molecule has 0 aliphatic heterocycles. The van der Waals surface area contributed by atoms with Gasteiger partial charge in [0.15, 0.2) is 0 Å². The van der Waals surface area contributed by atoms with E-state index in [-0.39, 0.29) is 5.69 Å². The van der Waals surface area contributed by atoms with Crippen LogP contribution in [0.15, 0.2) is 6.20 Å². The van der Waals surface area contributed by atoms with Gasteiger partial charge in [-0.3, -0.25) is 4.79 Å². The van der Waals surface area contributed by atoms with Gasteiger partial charge in [-0.25, -0.2) is 14.8 Å². The van der Waals surface area contributed by atoms with E-state index in [1.54, 1.807) is 6.92 Å². The molecule has 0 bridgehead atoms. The van der Waals surface area contributed by atoms with Crippen LogP contribution in [0.1, 0.15) is 39.7 Å². The molecule has 3 N–H and O–H groups in total. The summed E-state index contributed by atoms with van der Waals surface area (Å²) in [7, 11) is 1.44. The maximum Gasteiger partial charge on any atom is 0.373 e. The highest BCUT2D eigenvalue weighted by atomic mass is 16.5. The summed E-state index contributed by atoms with van der Waals surface area (Å²) in [4.78, 5) is 28.9. The van der Waals surface area contributed by atoms with Crippen molar-refractivity contribution in [2.24, 2.45) is 5.73 Å². The van der Waals surface area contributed by atoms with Gasteiger partial charge in [0.1, 0.15) is 5.69 Å². The number of hydrogen-bond donors (Lipinski definition) is 2. The van der Waals surface area contributed by atoms with Crippen LogP contribution in [0.25, 0.3) is 0 Å². The molecule has 1 aromatic heterocycles. The predicted molar refractivity (Wildman–Crippen MR) is 52.9 cm³/mol. The number of aromatic nitrogens is 2. The first-order chi connectivity index (χ1) is 7.47. The van der Waals surface area contributed by atoms with Crippen molar-refractivity contribution in [1.82, 2.24) is 9.97 Å². The smallest absolute Gasteiger partial charge is 0.373 e. The number of nitrogens with two attached hydrogens (primary N) is 1. The number of carbonyl (C=O) groups is 2. The van der Waals surface area contributed by atoms with Crippen LogP contribution < -0.4 is 5.73 Å². The maximum absolute atomic E-state index is 11.1. The van der Waals surface area contributed by atoms with E-state index in [9.17, 15) is 9.59 Å². The number of nitrogens with zero attached hydrogens (tertiary/aromatic N) is 2. The van der Waals surface area contributed by atoms with Crippen molar-refractivity contribution in [3.05, 3.63) is 23.3 Å². The standard InChI is InChI=1S/C9H11N3O4/c1-4(16-2)5-3-11-8(9(14)15)12-6(5)7(10)13/h3-4H,1-2H3,(H2,10,13)(H,14,15). The number of ether oxygens (including phenoxy) is 1. The average molecular weight is 225 g/mol. The molecular weight excluding hydrogens is 214 g/mol. The van der Waals surface area contributed by atoms with Crippen molar-refractivity contribution in [3.8, 4) is 0 Å². The molecule has 1 heterocycles. The molecule has 0 saturated carbocycles. The molecule has 0 saturated heterocycles. The summed E-state index contributed by atoms with van der Waals surface area (Å²) >= 11 is 0. The number of carboxylic acid groups (broad SMARTS) is 1. The second kappa shape index (κ2) is 4.67. The lowest BCUT2D eigenvalue weighted by atomic mass is 10.1. The summed E-state index contributed by atoms with van der Waals surface area (Å²) in [5.74, 6) is -2.61. The number of aromatic carboxylic acids is 1. The van der Waals surface area contributed by atoms with Crippen LogP contribution in [-0.4, -0.2) is 34.1 Å². The largest absolute Gasteiger partial charge is 0.475 e. The number of amides is 1. The number of carboxylic acids is 1. The van der Waals surface area contributed by atoms with Crippen LogP contribution in [0.5, 0.6) is 0 Å². The Morgan fingerprint density at radius 3 is 2.62 bits per heavy atom. The fourth-order valence-corrected chi connectivity index (χ4v) is 1.12. The van der Waals surface area contributed by atoms with Gasteiger partial charge in [0.05, 0.1) is 6.10 Å². The number of methoxy groups -OCH3 is 1. The molecule has 1 atom stereocenters. The lowest BCUT2D eigenvalue weighted by Crippen LogP contribution is -2.20. The minimum Gasteiger partial charge on any atom is -0.475 e. The molecule has 1 rings (SSSR count). The molecular formula is C9H11N3O4. The van der Waals surface area contributed by atoms with Crippen molar-refractivity contribution < 1.29 is 19.4 Å². The topological polar surface area (TPSA) is 115 Å². The zero-order chi connectivity index (χ0) is 12.3. The summed E-state index contributed by atoms with van der Waals surface area (Å²) in [5.41, 5.74) is 5.32. The second-order valence-electron chi connectivity index (χ2n) is 3.04. The Labute approximate surface area is 91.3 Å². The van der Waals surface area contributed by atoms with Crippen LogP contribution >= 0.6 is 0 Å². The zero-order valence-corrected chi connectivity index (χ0v) is 8.80. The molecule has 7 nitrogen and oxygen atoms in total. The normalized spacial score (nSPS) is 12.1. The van der Waals surface area contributed by atoms with E-state index < -0.39 is 23.8 Å². The van der Waals surface area contributed by atoms with Crippen LogP contribution in [0.4, 0.5) is 0 Å². The summed E-state index contributed by atoms with van der Waals surface area (Å²) in [5, 5.41) is 8.67. The number of primary amides is 1. The van der Waals surface area contributed by atoms with E-state index in [1.807, 2.05) is 0 Å². The second-order valence-corrected chi connectivity index (χ2v) is 3.04. The van der Waals surface area contributed by atoms with Crippen LogP contribution in [-0.2, 0) is 4.74 Å². The average Bonchev–Trinajstić information content (AvgIpc) is 2.26. The van der Waals surface area contributed by atoms with Crippen molar-refractivity contribution in [2.75, 3.05) is 7.11 Å². The summed E-state index contributed by atoms with van der Waals surface area (Å²) in [6.45, 7) is 1.67. The molecule has 16 heavy (non-hydrogen) atoms. The molecule has 0 aliphatic rings. The van der Waals surface area contributed by atoms with Crippen molar-refractivity contribution in [1.29, 1.82) is 0 Å². The van der Waals surface area contributed by atoms with Crippen molar-refractivity contribution >= 4 is 11.9 Å². The fourth-order valence-electron chi connectivity index (χ4n) is 1.12. The van der Waals surface area contributed by atoms with E-state index >= 15 is 0 Å². The first-order valence-electron chi connectivity index (χ1n) is 4.40. The lowest BCUT2D eigenvalue weighted by Gasteiger charge is -2.11. The fraction of sp³-hybridized carbons (Fsp3) is 0.333. The highest BCUT2D eigenvalue weighted by Gasteiger charge is 2.19. The van der Waals surface area contributed by atoms with Gasteiger partial charge in [0.2, 0.25) is 5.82 Å². The molecule has 0 fully saturated rings. The van der Waals surface area contributed by atoms with E-state index in [2.05, 4.69) is 9.97 Å². The Hall–Kier alpha value is -2.02. The highest BCUT2D eigenvalue weighted by Crippen LogP contribution is 2.17. The zero-order valence-electron chi connectivity index (χ0n) is 8.80. The molecule has 7 heteroatoms.